The van der Waals surface area contributed by atoms with Crippen LogP contribution in [0.5, 0.6) is 0 Å². The Morgan fingerprint density at radius 2 is 1.28 bits per heavy atom. The first kappa shape index (κ1) is 58.1. The van der Waals surface area contributed by atoms with Gasteiger partial charge in [0.1, 0.15) is 85.5 Å². The summed E-state index contributed by atoms with van der Waals surface area (Å²) in [5.74, 6) is -0.709. The number of hydrogen-bond donors (Lipinski definition) is 13. The van der Waals surface area contributed by atoms with Crippen LogP contribution in [-0.2, 0) is 42.7 Å². The van der Waals surface area contributed by atoms with Gasteiger partial charge in [-0.15, -0.1) is 0 Å². The molecule has 9 rings (SSSR count). The summed E-state index contributed by atoms with van der Waals surface area (Å²) in [5, 5.41) is 139. The van der Waals surface area contributed by atoms with Gasteiger partial charge in [0.25, 0.3) is 0 Å². The maximum atomic E-state index is 15.1. The highest BCUT2D eigenvalue weighted by atomic mass is 16.8. The van der Waals surface area contributed by atoms with E-state index < -0.39 is 153 Å². The van der Waals surface area contributed by atoms with Crippen LogP contribution in [0.25, 0.3) is 0 Å². The number of aliphatic hydroxyl groups excluding tert-OH is 13. The molecule has 0 radical (unpaired) electrons. The third-order valence-electron chi connectivity index (χ3n) is 21.1. The molecular formula is C53H86O22. The minimum absolute atomic E-state index is 0.0339. The molecule has 0 aromatic rings. The Balaban J connectivity index is 0.922. The van der Waals surface area contributed by atoms with Crippen LogP contribution < -0.4 is 0 Å². The Labute approximate surface area is 437 Å². The zero-order valence-corrected chi connectivity index (χ0v) is 44.2. The summed E-state index contributed by atoms with van der Waals surface area (Å²) in [6, 6.07) is 0. The lowest BCUT2D eigenvalue weighted by Crippen LogP contribution is -2.67. The number of carbonyl (C=O) groups excluding carboxylic acids is 1. The Bertz CT molecular complexity index is 2060. The van der Waals surface area contributed by atoms with Crippen LogP contribution in [0.1, 0.15) is 113 Å². The van der Waals surface area contributed by atoms with E-state index in [1.807, 2.05) is 6.92 Å². The van der Waals surface area contributed by atoms with Gasteiger partial charge < -0.3 is 104 Å². The molecular weight excluding hydrogens is 989 g/mol. The van der Waals surface area contributed by atoms with Crippen molar-refractivity contribution in [3.8, 4) is 0 Å². The molecule has 22 nitrogen and oxygen atoms in total. The van der Waals surface area contributed by atoms with Crippen molar-refractivity contribution in [1.82, 2.24) is 0 Å². The molecule has 4 saturated heterocycles. The fourth-order valence-electron chi connectivity index (χ4n) is 16.1. The molecule has 22 heteroatoms. The first-order valence-electron chi connectivity index (χ1n) is 27.3. The number of esters is 1. The van der Waals surface area contributed by atoms with Crippen molar-refractivity contribution in [2.45, 2.75) is 235 Å². The fourth-order valence-corrected chi connectivity index (χ4v) is 16.1. The van der Waals surface area contributed by atoms with E-state index in [1.165, 1.54) is 5.57 Å². The van der Waals surface area contributed by atoms with Crippen LogP contribution in [0.4, 0.5) is 0 Å². The molecule has 13 N–H and O–H groups in total. The number of allylic oxidation sites excluding steroid dienone is 2. The van der Waals surface area contributed by atoms with Gasteiger partial charge in [0.05, 0.1) is 44.1 Å². The minimum atomic E-state index is -1.84. The van der Waals surface area contributed by atoms with Crippen molar-refractivity contribution in [2.75, 3.05) is 26.4 Å². The van der Waals surface area contributed by atoms with E-state index in [2.05, 4.69) is 40.7 Å². The number of hydrogen-bond acceptors (Lipinski definition) is 22. The van der Waals surface area contributed by atoms with Crippen molar-refractivity contribution in [1.29, 1.82) is 0 Å². The van der Waals surface area contributed by atoms with Gasteiger partial charge in [-0.2, -0.15) is 0 Å². The number of rotatable bonds is 11. The number of fused-ring (bicyclic) bond motifs is 7. The Morgan fingerprint density at radius 3 is 1.96 bits per heavy atom. The highest BCUT2D eigenvalue weighted by molar-refractivity contribution is 5.79. The summed E-state index contributed by atoms with van der Waals surface area (Å²) in [7, 11) is 0. The molecule has 28 atom stereocenters. The molecule has 9 aliphatic rings. The van der Waals surface area contributed by atoms with Gasteiger partial charge in [-0.3, -0.25) is 4.79 Å². The maximum Gasteiger partial charge on any atom is 0.315 e. The normalized spacial score (nSPS) is 54.8. The molecule has 430 valence electrons. The van der Waals surface area contributed by atoms with Crippen LogP contribution in [0.15, 0.2) is 11.6 Å². The molecule has 4 heterocycles. The molecule has 4 aliphatic heterocycles. The van der Waals surface area contributed by atoms with Crippen LogP contribution in [0.3, 0.4) is 0 Å². The molecule has 0 amide bonds. The van der Waals surface area contributed by atoms with Gasteiger partial charge in [0.2, 0.25) is 6.29 Å². The topological polar surface area (TPSA) is 354 Å². The van der Waals surface area contributed by atoms with Gasteiger partial charge in [-0.05, 0) is 111 Å². The van der Waals surface area contributed by atoms with Gasteiger partial charge in [0, 0.05) is 5.41 Å². The van der Waals surface area contributed by atoms with Crippen molar-refractivity contribution in [3.05, 3.63) is 11.6 Å². The molecule has 0 bridgehead atoms. The first-order valence-corrected chi connectivity index (χ1v) is 27.3. The quantitative estimate of drug-likeness (QED) is 0.0643. The van der Waals surface area contributed by atoms with E-state index in [0.717, 1.165) is 25.7 Å². The van der Waals surface area contributed by atoms with E-state index >= 15 is 4.79 Å². The third-order valence-corrected chi connectivity index (χ3v) is 21.1. The van der Waals surface area contributed by atoms with Crippen molar-refractivity contribution >= 4 is 5.97 Å². The maximum absolute atomic E-state index is 15.1. The van der Waals surface area contributed by atoms with Crippen LogP contribution in [0.2, 0.25) is 0 Å². The largest absolute Gasteiger partial charge is 0.432 e. The monoisotopic (exact) mass is 1070 g/mol. The molecule has 0 aromatic carbocycles. The second-order valence-electron chi connectivity index (χ2n) is 25.7. The average molecular weight is 1080 g/mol. The molecule has 75 heavy (non-hydrogen) atoms. The summed E-state index contributed by atoms with van der Waals surface area (Å²) in [4.78, 5) is 15.1. The zero-order chi connectivity index (χ0) is 54.7. The Hall–Kier alpha value is -1.59. The van der Waals surface area contributed by atoms with Gasteiger partial charge in [-0.25, -0.2) is 0 Å². The van der Waals surface area contributed by atoms with Crippen molar-refractivity contribution in [2.24, 2.45) is 50.2 Å². The molecule has 4 saturated carbocycles. The highest BCUT2D eigenvalue weighted by Gasteiger charge is 2.71. The average Bonchev–Trinajstić information content (AvgIpc) is 3.37. The Kier molecular flexibility index (Phi) is 16.3. The van der Waals surface area contributed by atoms with E-state index in [-0.39, 0.29) is 52.6 Å². The third kappa shape index (κ3) is 9.50. The number of ether oxygens (including phenoxy) is 8. The standard InChI is InChI=1S/C53H86O22/c1-23-32(57)42(74-44-38(63)33(58)26(56)20-68-44)41(66)46(70-23)73-31-11-12-49(4)29(50(31,5)22-55)10-13-52(7)30(49)9-8-24-25-18-48(2,3)14-16-53(25,17-15-51(24,52)6)47(67)75-45-40(65)37(62)35(60)28(72-45)21-69-43-39(64)36(61)34(59)27(19-54)71-43/h8,23,25-46,54-66H,9-22H2,1-7H3/t23-,25-,26+,27+,28+,29?,30?,31+,32-,33-,34+,35+,36-,37-,38+,39+,40+,41+,42+,43+,44-,45-,46-,49-,50-,51+,52+,53-/m0/s1. The number of aliphatic hydroxyl groups is 13. The SMILES string of the molecule is C[C@@H]1O[C@@H](O[C@@H]2CC[C@@]3(C)C(CC[C@]4(C)C3CC=C3[C@@H]5CC(C)(C)CC[C@]5(C(=O)O[C@@H]5O[C@H](CO[C@@H]6O[C@H](CO)[C@@H](O)[C@H](O)[C@H]6O)[C@@H](O)[C@H](O)[C@H]5O)CC[C@]34C)[C@]2(C)CO)[C@H](O)[C@H](O[C@@H]2OC[C@@H](O)[C@H](O)[C@H]2O)[C@H]1O. The Morgan fingerprint density at radius 1 is 0.640 bits per heavy atom. The summed E-state index contributed by atoms with van der Waals surface area (Å²) in [6.07, 6.45) is -20.6. The predicted molar refractivity (Wildman–Crippen MR) is 257 cm³/mol. The summed E-state index contributed by atoms with van der Waals surface area (Å²) >= 11 is 0. The van der Waals surface area contributed by atoms with E-state index in [1.54, 1.807) is 6.92 Å². The van der Waals surface area contributed by atoms with E-state index in [0.29, 0.717) is 38.5 Å². The smallest absolute Gasteiger partial charge is 0.315 e. The van der Waals surface area contributed by atoms with Gasteiger partial charge in [0.15, 0.2) is 18.9 Å². The fraction of sp³-hybridized carbons (Fsp3) is 0.943. The molecule has 5 aliphatic carbocycles. The van der Waals surface area contributed by atoms with Gasteiger partial charge >= 0.3 is 5.97 Å². The summed E-state index contributed by atoms with van der Waals surface area (Å²) in [6.45, 7) is 13.3. The highest BCUT2D eigenvalue weighted by Crippen LogP contribution is 2.76. The lowest BCUT2D eigenvalue weighted by Gasteiger charge is -2.71. The summed E-state index contributed by atoms with van der Waals surface area (Å²) in [5.41, 5.74) is -1.66. The van der Waals surface area contributed by atoms with Crippen LogP contribution in [-0.4, -0.2) is 222 Å². The zero-order valence-electron chi connectivity index (χ0n) is 44.2. The first-order chi connectivity index (χ1) is 35.1. The van der Waals surface area contributed by atoms with E-state index in [4.69, 9.17) is 37.9 Å². The van der Waals surface area contributed by atoms with Crippen molar-refractivity contribution < 1.29 is 109 Å². The lowest BCUT2D eigenvalue weighted by molar-refractivity contribution is -0.359. The van der Waals surface area contributed by atoms with E-state index in [9.17, 15) is 66.4 Å². The summed E-state index contributed by atoms with van der Waals surface area (Å²) < 4.78 is 47.2. The second kappa shape index (κ2) is 21.1. The lowest BCUT2D eigenvalue weighted by atomic mass is 9.33. The van der Waals surface area contributed by atoms with Crippen LogP contribution >= 0.6 is 0 Å². The predicted octanol–water partition coefficient (Wildman–Crippen LogP) is -1.40. The molecule has 8 fully saturated rings. The second-order valence-corrected chi connectivity index (χ2v) is 25.7. The van der Waals surface area contributed by atoms with Crippen molar-refractivity contribution in [3.63, 3.8) is 0 Å². The van der Waals surface area contributed by atoms with Gasteiger partial charge in [-0.1, -0.05) is 53.2 Å². The minimum Gasteiger partial charge on any atom is -0.432 e. The molecule has 0 aromatic heterocycles. The molecule has 0 spiro atoms. The number of carbonyl (C=O) groups is 1. The molecule has 2 unspecified atom stereocenters. The van der Waals surface area contributed by atoms with Crippen LogP contribution in [0, 0.1) is 50.2 Å².